The Kier molecular flexibility index (Phi) is 10.8. The van der Waals surface area contributed by atoms with Gasteiger partial charge in [-0.05, 0) is 25.2 Å². The second kappa shape index (κ2) is 12.1. The predicted octanol–water partition coefficient (Wildman–Crippen LogP) is 6.84. The molecule has 0 saturated heterocycles. The van der Waals surface area contributed by atoms with E-state index in [1.54, 1.807) is 0 Å². The van der Waals surface area contributed by atoms with E-state index in [-0.39, 0.29) is 0 Å². The van der Waals surface area contributed by atoms with Crippen LogP contribution in [-0.4, -0.2) is 0 Å². The summed E-state index contributed by atoms with van der Waals surface area (Å²) in [5, 5.41) is 0. The van der Waals surface area contributed by atoms with Crippen LogP contribution in [0.1, 0.15) is 110 Å². The average molecular weight is 251 g/mol. The fourth-order valence-electron chi connectivity index (χ4n) is 3.16. The van der Waals surface area contributed by atoms with Crippen molar-refractivity contribution in [1.82, 2.24) is 0 Å². The molecule has 0 atom stereocenters. The van der Waals surface area contributed by atoms with Gasteiger partial charge in [0.15, 0.2) is 0 Å². The molecule has 0 unspecified atom stereocenters. The highest BCUT2D eigenvalue weighted by Gasteiger charge is 2.10. The molecular formula is C18H35. The minimum Gasteiger partial charge on any atom is -0.0654 e. The van der Waals surface area contributed by atoms with Gasteiger partial charge >= 0.3 is 0 Å². The van der Waals surface area contributed by atoms with Crippen molar-refractivity contribution in [3.63, 3.8) is 0 Å². The molecule has 0 bridgehead atoms. The highest BCUT2D eigenvalue weighted by molar-refractivity contribution is 4.89. The van der Waals surface area contributed by atoms with E-state index in [2.05, 4.69) is 6.92 Å². The Morgan fingerprint density at radius 3 is 1.72 bits per heavy atom. The Bertz CT molecular complexity index is 151. The summed E-state index contributed by atoms with van der Waals surface area (Å²) in [6.45, 7) is 2.30. The second-order valence-electron chi connectivity index (χ2n) is 6.24. The minimum atomic E-state index is 1.37. The maximum absolute atomic E-state index is 2.30. The van der Waals surface area contributed by atoms with Gasteiger partial charge in [-0.2, -0.15) is 0 Å². The van der Waals surface area contributed by atoms with Crippen molar-refractivity contribution in [2.45, 2.75) is 110 Å². The van der Waals surface area contributed by atoms with Crippen LogP contribution >= 0.6 is 0 Å². The van der Waals surface area contributed by atoms with E-state index >= 15 is 0 Å². The molecule has 0 aromatic rings. The molecular weight excluding hydrogens is 216 g/mol. The molecule has 0 amide bonds. The first-order chi connectivity index (χ1) is 8.93. The average Bonchev–Trinajstić information content (AvgIpc) is 2.41. The van der Waals surface area contributed by atoms with Crippen LogP contribution in [0.3, 0.4) is 0 Å². The number of unbranched alkanes of at least 4 members (excludes halogenated alkanes) is 5. The maximum atomic E-state index is 2.30. The Morgan fingerprint density at radius 2 is 1.11 bits per heavy atom. The lowest BCUT2D eigenvalue weighted by Gasteiger charge is -2.17. The molecule has 107 valence electrons. The van der Waals surface area contributed by atoms with Gasteiger partial charge in [-0.25, -0.2) is 0 Å². The lowest BCUT2D eigenvalue weighted by Crippen LogP contribution is -2.00. The molecule has 18 heavy (non-hydrogen) atoms. The summed E-state index contributed by atoms with van der Waals surface area (Å²) in [5.74, 6) is 1.91. The SMILES string of the molecule is CCCCCCCC[C]1CCCCCCCCC1. The van der Waals surface area contributed by atoms with Crippen molar-refractivity contribution in [2.24, 2.45) is 0 Å². The predicted molar refractivity (Wildman–Crippen MR) is 82.8 cm³/mol. The zero-order chi connectivity index (χ0) is 12.9. The molecule has 1 fully saturated rings. The third-order valence-electron chi connectivity index (χ3n) is 4.44. The van der Waals surface area contributed by atoms with E-state index < -0.39 is 0 Å². The first-order valence-corrected chi connectivity index (χ1v) is 8.77. The summed E-state index contributed by atoms with van der Waals surface area (Å²) in [4.78, 5) is 0. The largest absolute Gasteiger partial charge is 0.0654 e. The van der Waals surface area contributed by atoms with Gasteiger partial charge in [0.25, 0.3) is 0 Å². The summed E-state index contributed by atoms with van der Waals surface area (Å²) in [6, 6.07) is 0. The van der Waals surface area contributed by atoms with Crippen LogP contribution in [0.5, 0.6) is 0 Å². The van der Waals surface area contributed by atoms with Crippen LogP contribution in [0, 0.1) is 5.92 Å². The van der Waals surface area contributed by atoms with Gasteiger partial charge in [0.05, 0.1) is 0 Å². The summed E-state index contributed by atoms with van der Waals surface area (Å²) >= 11 is 0. The zero-order valence-electron chi connectivity index (χ0n) is 12.8. The van der Waals surface area contributed by atoms with Crippen molar-refractivity contribution in [3.8, 4) is 0 Å². The summed E-state index contributed by atoms with van der Waals surface area (Å²) in [6.07, 6.45) is 23.5. The molecule has 0 nitrogen and oxygen atoms in total. The molecule has 0 spiro atoms. The van der Waals surface area contributed by atoms with Gasteiger partial charge in [-0.3, -0.25) is 0 Å². The molecule has 1 aliphatic rings. The van der Waals surface area contributed by atoms with Gasteiger partial charge in [0, 0.05) is 0 Å². The van der Waals surface area contributed by atoms with Gasteiger partial charge < -0.3 is 0 Å². The Hall–Kier alpha value is 0. The van der Waals surface area contributed by atoms with Crippen LogP contribution in [0.25, 0.3) is 0 Å². The summed E-state index contributed by atoms with van der Waals surface area (Å²) < 4.78 is 0. The third kappa shape index (κ3) is 9.00. The van der Waals surface area contributed by atoms with E-state index in [9.17, 15) is 0 Å². The van der Waals surface area contributed by atoms with Crippen LogP contribution < -0.4 is 0 Å². The summed E-state index contributed by atoms with van der Waals surface area (Å²) in [7, 11) is 0. The zero-order valence-corrected chi connectivity index (χ0v) is 12.8. The normalized spacial score (nSPS) is 19.8. The Morgan fingerprint density at radius 1 is 0.611 bits per heavy atom. The number of hydrogen-bond donors (Lipinski definition) is 0. The third-order valence-corrected chi connectivity index (χ3v) is 4.44. The van der Waals surface area contributed by atoms with Crippen LogP contribution in [-0.2, 0) is 0 Å². The monoisotopic (exact) mass is 251 g/mol. The van der Waals surface area contributed by atoms with E-state index in [0.29, 0.717) is 0 Å². The van der Waals surface area contributed by atoms with Crippen molar-refractivity contribution in [2.75, 3.05) is 0 Å². The van der Waals surface area contributed by atoms with Crippen molar-refractivity contribution in [1.29, 1.82) is 0 Å². The highest BCUT2D eigenvalue weighted by Crippen LogP contribution is 2.27. The molecule has 0 heteroatoms. The quantitative estimate of drug-likeness (QED) is 0.435. The molecule has 1 radical (unpaired) electrons. The first kappa shape index (κ1) is 16.1. The van der Waals surface area contributed by atoms with E-state index in [0.717, 1.165) is 0 Å². The fraction of sp³-hybridized carbons (Fsp3) is 0.944. The lowest BCUT2D eigenvalue weighted by atomic mass is 9.88. The van der Waals surface area contributed by atoms with Crippen LogP contribution in [0.15, 0.2) is 0 Å². The van der Waals surface area contributed by atoms with Gasteiger partial charge in [-0.15, -0.1) is 0 Å². The molecule has 0 aromatic heterocycles. The summed E-state index contributed by atoms with van der Waals surface area (Å²) in [5.41, 5.74) is 0. The number of rotatable bonds is 7. The van der Waals surface area contributed by atoms with E-state index in [1.807, 2.05) is 5.92 Å². The van der Waals surface area contributed by atoms with Crippen molar-refractivity contribution >= 4 is 0 Å². The number of hydrogen-bond acceptors (Lipinski definition) is 0. The van der Waals surface area contributed by atoms with Crippen LogP contribution in [0.2, 0.25) is 0 Å². The molecule has 0 aromatic carbocycles. The molecule has 1 aliphatic carbocycles. The maximum Gasteiger partial charge on any atom is -0.0241 e. The van der Waals surface area contributed by atoms with E-state index in [1.165, 1.54) is 103 Å². The smallest absolute Gasteiger partial charge is 0.0241 e. The highest BCUT2D eigenvalue weighted by atomic mass is 14.2. The van der Waals surface area contributed by atoms with E-state index in [4.69, 9.17) is 0 Å². The second-order valence-corrected chi connectivity index (χ2v) is 6.24. The van der Waals surface area contributed by atoms with Gasteiger partial charge in [0.2, 0.25) is 0 Å². The Labute approximate surface area is 116 Å². The molecule has 0 N–H and O–H groups in total. The standard InChI is InChI=1S/C18H35/c1-2-3-4-5-9-12-15-18-16-13-10-7-6-8-11-14-17-18/h2-17H2,1H3. The first-order valence-electron chi connectivity index (χ1n) is 8.77. The van der Waals surface area contributed by atoms with Crippen LogP contribution in [0.4, 0.5) is 0 Å². The minimum absolute atomic E-state index is 1.37. The molecule has 0 heterocycles. The lowest BCUT2D eigenvalue weighted by molar-refractivity contribution is 0.491. The topological polar surface area (TPSA) is 0 Å². The molecule has 1 saturated carbocycles. The fourth-order valence-corrected chi connectivity index (χ4v) is 3.16. The molecule has 0 aliphatic heterocycles. The Balaban J connectivity index is 2.02. The van der Waals surface area contributed by atoms with Crippen molar-refractivity contribution < 1.29 is 0 Å². The van der Waals surface area contributed by atoms with Gasteiger partial charge in [0.1, 0.15) is 0 Å². The van der Waals surface area contributed by atoms with Gasteiger partial charge in [-0.1, -0.05) is 90.4 Å². The molecule has 1 rings (SSSR count). The van der Waals surface area contributed by atoms with Crippen molar-refractivity contribution in [3.05, 3.63) is 5.92 Å².